The number of hydrogen-bond donors (Lipinski definition) is 2. The van der Waals surface area contributed by atoms with Gasteiger partial charge >= 0.3 is 0 Å². The van der Waals surface area contributed by atoms with Crippen LogP contribution in [0.3, 0.4) is 0 Å². The van der Waals surface area contributed by atoms with Gasteiger partial charge in [-0.2, -0.15) is 0 Å². The van der Waals surface area contributed by atoms with Crippen LogP contribution in [0, 0.1) is 0 Å². The number of hydrogen-bond acceptors (Lipinski definition) is 3. The molecule has 0 aromatic carbocycles. The van der Waals surface area contributed by atoms with E-state index in [9.17, 15) is 4.79 Å². The predicted molar refractivity (Wildman–Crippen MR) is 52.7 cm³/mol. The van der Waals surface area contributed by atoms with Gasteiger partial charge in [-0.15, -0.1) is 0 Å². The summed E-state index contributed by atoms with van der Waals surface area (Å²) in [5.41, 5.74) is 0. The molecule has 4 heteroatoms. The largest absolute Gasteiger partial charge is 0.381 e. The Morgan fingerprint density at radius 2 is 2.15 bits per heavy atom. The van der Waals surface area contributed by atoms with Crippen molar-refractivity contribution in [2.24, 2.45) is 0 Å². The summed E-state index contributed by atoms with van der Waals surface area (Å²) in [5.74, 6) is 0.0737. The summed E-state index contributed by atoms with van der Waals surface area (Å²) in [6.45, 7) is 4.80. The molecule has 0 atom stereocenters. The maximum absolute atomic E-state index is 11.1. The minimum absolute atomic E-state index is 0.0737. The van der Waals surface area contributed by atoms with Crippen LogP contribution < -0.4 is 10.6 Å². The van der Waals surface area contributed by atoms with Gasteiger partial charge in [-0.1, -0.05) is 0 Å². The van der Waals surface area contributed by atoms with Crippen LogP contribution in [-0.4, -0.2) is 39.3 Å². The van der Waals surface area contributed by atoms with Crippen LogP contribution in [0.5, 0.6) is 0 Å². The molecule has 0 spiro atoms. The molecule has 0 aliphatic rings. The summed E-state index contributed by atoms with van der Waals surface area (Å²) < 4.78 is 5.06. The normalized spacial score (nSPS) is 10.0. The lowest BCUT2D eigenvalue weighted by molar-refractivity contribution is -0.122. The van der Waals surface area contributed by atoms with E-state index in [0.29, 0.717) is 19.6 Å². The molecule has 0 aromatic heterocycles. The van der Waals surface area contributed by atoms with Gasteiger partial charge in [0.1, 0.15) is 0 Å². The standard InChI is InChI=1S/C9H20N2O2/c1-3-13-8-5-9(12)11-7-4-6-10-2/h10H,3-8H2,1-2H3,(H,11,12). The Labute approximate surface area is 80.0 Å². The molecule has 2 N–H and O–H groups in total. The van der Waals surface area contributed by atoms with Crippen LogP contribution in [0.25, 0.3) is 0 Å². The van der Waals surface area contributed by atoms with Crippen LogP contribution in [-0.2, 0) is 9.53 Å². The molecule has 78 valence electrons. The molecule has 0 rings (SSSR count). The zero-order chi connectivity index (χ0) is 9.94. The van der Waals surface area contributed by atoms with E-state index in [1.54, 1.807) is 0 Å². The highest BCUT2D eigenvalue weighted by Gasteiger charge is 1.98. The monoisotopic (exact) mass is 188 g/mol. The molecular formula is C9H20N2O2. The van der Waals surface area contributed by atoms with Crippen molar-refractivity contribution < 1.29 is 9.53 Å². The van der Waals surface area contributed by atoms with Crippen LogP contribution in [0.2, 0.25) is 0 Å². The zero-order valence-electron chi connectivity index (χ0n) is 8.56. The van der Waals surface area contributed by atoms with Crippen LogP contribution >= 0.6 is 0 Å². The molecule has 0 saturated carbocycles. The maximum Gasteiger partial charge on any atom is 0.222 e. The Hall–Kier alpha value is -0.610. The van der Waals surface area contributed by atoms with Crippen molar-refractivity contribution in [2.75, 3.05) is 33.4 Å². The molecule has 4 nitrogen and oxygen atoms in total. The SMILES string of the molecule is CCOCCC(=O)NCCCNC. The Kier molecular flexibility index (Phi) is 9.03. The van der Waals surface area contributed by atoms with Crippen molar-refractivity contribution in [1.29, 1.82) is 0 Å². The second-order valence-corrected chi connectivity index (χ2v) is 2.75. The summed E-state index contributed by atoms with van der Waals surface area (Å²) in [4.78, 5) is 11.1. The van der Waals surface area contributed by atoms with Crippen molar-refractivity contribution in [1.82, 2.24) is 10.6 Å². The first-order valence-corrected chi connectivity index (χ1v) is 4.80. The van der Waals surface area contributed by atoms with Crippen molar-refractivity contribution in [2.45, 2.75) is 19.8 Å². The first-order chi connectivity index (χ1) is 6.31. The topological polar surface area (TPSA) is 50.4 Å². The minimum atomic E-state index is 0.0737. The van der Waals surface area contributed by atoms with Crippen LogP contribution in [0.1, 0.15) is 19.8 Å². The van der Waals surface area contributed by atoms with Gasteiger partial charge in [0.15, 0.2) is 0 Å². The average molecular weight is 188 g/mol. The minimum Gasteiger partial charge on any atom is -0.381 e. The molecule has 0 bridgehead atoms. The fraction of sp³-hybridized carbons (Fsp3) is 0.889. The van der Waals surface area contributed by atoms with Gasteiger partial charge in [0.25, 0.3) is 0 Å². The molecule has 0 heterocycles. The number of nitrogens with one attached hydrogen (secondary N) is 2. The number of carbonyl (C=O) groups excluding carboxylic acids is 1. The third kappa shape index (κ3) is 9.30. The fourth-order valence-corrected chi connectivity index (χ4v) is 0.891. The Balaban J connectivity index is 3.11. The smallest absolute Gasteiger partial charge is 0.222 e. The van der Waals surface area contributed by atoms with Gasteiger partial charge in [0, 0.05) is 19.6 Å². The number of amides is 1. The van der Waals surface area contributed by atoms with Gasteiger partial charge in [0.2, 0.25) is 5.91 Å². The molecule has 1 amide bonds. The molecule has 13 heavy (non-hydrogen) atoms. The number of carbonyl (C=O) groups is 1. The van der Waals surface area contributed by atoms with E-state index in [0.717, 1.165) is 19.5 Å². The van der Waals surface area contributed by atoms with Gasteiger partial charge in [0.05, 0.1) is 6.61 Å². The second kappa shape index (κ2) is 9.48. The number of rotatable bonds is 8. The van der Waals surface area contributed by atoms with Crippen molar-refractivity contribution in [3.8, 4) is 0 Å². The molecular weight excluding hydrogens is 168 g/mol. The Morgan fingerprint density at radius 3 is 2.77 bits per heavy atom. The van der Waals surface area contributed by atoms with E-state index in [1.807, 2.05) is 14.0 Å². The summed E-state index contributed by atoms with van der Waals surface area (Å²) in [7, 11) is 1.90. The third-order valence-electron chi connectivity index (χ3n) is 1.60. The van der Waals surface area contributed by atoms with E-state index < -0.39 is 0 Å². The average Bonchev–Trinajstić information content (AvgIpc) is 2.13. The molecule has 0 unspecified atom stereocenters. The summed E-state index contributed by atoms with van der Waals surface area (Å²) >= 11 is 0. The van der Waals surface area contributed by atoms with Crippen LogP contribution in [0.15, 0.2) is 0 Å². The predicted octanol–water partition coefficient (Wildman–Crippen LogP) is 0.139. The maximum atomic E-state index is 11.1. The van der Waals surface area contributed by atoms with Gasteiger partial charge < -0.3 is 15.4 Å². The first-order valence-electron chi connectivity index (χ1n) is 4.80. The molecule has 0 saturated heterocycles. The van der Waals surface area contributed by atoms with E-state index >= 15 is 0 Å². The Bertz CT molecular complexity index is 129. The van der Waals surface area contributed by atoms with E-state index in [1.165, 1.54) is 0 Å². The van der Waals surface area contributed by atoms with E-state index in [2.05, 4.69) is 10.6 Å². The lowest BCUT2D eigenvalue weighted by Gasteiger charge is -2.04. The summed E-state index contributed by atoms with van der Waals surface area (Å²) in [6.07, 6.45) is 1.43. The number of ether oxygens (including phenoxy) is 1. The van der Waals surface area contributed by atoms with E-state index in [-0.39, 0.29) is 5.91 Å². The van der Waals surface area contributed by atoms with Gasteiger partial charge in [-0.3, -0.25) is 4.79 Å². The molecule has 0 aromatic rings. The van der Waals surface area contributed by atoms with Crippen molar-refractivity contribution in [3.63, 3.8) is 0 Å². The van der Waals surface area contributed by atoms with E-state index in [4.69, 9.17) is 4.74 Å². The lowest BCUT2D eigenvalue weighted by Crippen LogP contribution is -2.27. The highest BCUT2D eigenvalue weighted by Crippen LogP contribution is 1.83. The van der Waals surface area contributed by atoms with Crippen molar-refractivity contribution >= 4 is 5.91 Å². The second-order valence-electron chi connectivity index (χ2n) is 2.75. The fourth-order valence-electron chi connectivity index (χ4n) is 0.891. The highest BCUT2D eigenvalue weighted by molar-refractivity contribution is 5.75. The molecule has 0 fully saturated rings. The molecule has 0 aliphatic heterocycles. The molecule has 0 aliphatic carbocycles. The third-order valence-corrected chi connectivity index (χ3v) is 1.60. The summed E-state index contributed by atoms with van der Waals surface area (Å²) in [6, 6.07) is 0. The summed E-state index contributed by atoms with van der Waals surface area (Å²) in [5, 5.41) is 5.84. The molecule has 0 radical (unpaired) electrons. The van der Waals surface area contributed by atoms with Crippen molar-refractivity contribution in [3.05, 3.63) is 0 Å². The first kappa shape index (κ1) is 12.4. The zero-order valence-corrected chi connectivity index (χ0v) is 8.56. The van der Waals surface area contributed by atoms with Gasteiger partial charge in [-0.05, 0) is 26.9 Å². The highest BCUT2D eigenvalue weighted by atomic mass is 16.5. The quantitative estimate of drug-likeness (QED) is 0.533. The van der Waals surface area contributed by atoms with Gasteiger partial charge in [-0.25, -0.2) is 0 Å². The lowest BCUT2D eigenvalue weighted by atomic mass is 10.4. The Morgan fingerprint density at radius 1 is 1.38 bits per heavy atom. The van der Waals surface area contributed by atoms with Crippen LogP contribution in [0.4, 0.5) is 0 Å².